The van der Waals surface area contributed by atoms with Gasteiger partial charge in [0.1, 0.15) is 4.83 Å². The molecule has 4 nitrogen and oxygen atoms in total. The van der Waals surface area contributed by atoms with Gasteiger partial charge in [0.2, 0.25) is 0 Å². The number of aromatic nitrogens is 4. The van der Waals surface area contributed by atoms with Gasteiger partial charge in [-0.25, -0.2) is 15.0 Å². The highest BCUT2D eigenvalue weighted by Gasteiger charge is 2.20. The van der Waals surface area contributed by atoms with Crippen LogP contribution >= 0.6 is 22.7 Å². The van der Waals surface area contributed by atoms with Gasteiger partial charge >= 0.3 is 0 Å². The quantitative estimate of drug-likeness (QED) is 0.206. The molecule has 0 atom stereocenters. The highest BCUT2D eigenvalue weighted by molar-refractivity contribution is 7.36. The highest BCUT2D eigenvalue weighted by Crippen LogP contribution is 2.48. The van der Waals surface area contributed by atoms with E-state index in [9.17, 15) is 0 Å². The monoisotopic (exact) mass is 586 g/mol. The molecule has 202 valence electrons. The van der Waals surface area contributed by atoms with Gasteiger partial charge in [-0.3, -0.25) is 0 Å². The Balaban J connectivity index is 1.21. The zero-order valence-corrected chi connectivity index (χ0v) is 24.4. The first kappa shape index (κ1) is 24.4. The molecule has 0 N–H and O–H groups in total. The maximum absolute atomic E-state index is 4.92. The lowest BCUT2D eigenvalue weighted by atomic mass is 10.1. The molecule has 5 aromatic carbocycles. The maximum Gasteiger partial charge on any atom is 0.164 e. The van der Waals surface area contributed by atoms with Crippen molar-refractivity contribution in [2.24, 2.45) is 0 Å². The van der Waals surface area contributed by atoms with Crippen molar-refractivity contribution in [2.75, 3.05) is 0 Å². The molecule has 0 aliphatic rings. The van der Waals surface area contributed by atoms with E-state index in [1.807, 2.05) is 83.3 Å². The molecular weight excluding hydrogens is 565 g/mol. The zero-order chi connectivity index (χ0) is 28.3. The van der Waals surface area contributed by atoms with E-state index in [0.29, 0.717) is 17.5 Å². The average molecular weight is 587 g/mol. The predicted octanol–water partition coefficient (Wildman–Crippen LogP) is 10.4. The summed E-state index contributed by atoms with van der Waals surface area (Å²) in [5.74, 6) is 1.99. The number of benzene rings is 5. The van der Waals surface area contributed by atoms with Crippen LogP contribution in [0, 0.1) is 0 Å². The van der Waals surface area contributed by atoms with E-state index in [0.717, 1.165) is 22.4 Å². The van der Waals surface area contributed by atoms with Crippen LogP contribution in [0.3, 0.4) is 0 Å². The number of fused-ring (bicyclic) bond motifs is 7. The topological polar surface area (TPSA) is 43.6 Å². The first-order chi connectivity index (χ1) is 21.3. The van der Waals surface area contributed by atoms with Gasteiger partial charge in [-0.2, -0.15) is 0 Å². The van der Waals surface area contributed by atoms with Gasteiger partial charge in [-0.05, 0) is 36.4 Å². The van der Waals surface area contributed by atoms with Gasteiger partial charge in [0.05, 0.1) is 14.9 Å². The molecule has 0 saturated carbocycles. The number of hydrogen-bond donors (Lipinski definition) is 0. The lowest BCUT2D eigenvalue weighted by Gasteiger charge is -2.10. The first-order valence-corrected chi connectivity index (χ1v) is 15.8. The Labute approximate surface area is 255 Å². The number of thiophene rings is 2. The molecule has 0 saturated heterocycles. The van der Waals surface area contributed by atoms with Crippen molar-refractivity contribution in [3.8, 4) is 39.9 Å². The van der Waals surface area contributed by atoms with Gasteiger partial charge < -0.3 is 4.57 Å². The van der Waals surface area contributed by atoms with Crippen LogP contribution in [0.15, 0.2) is 133 Å². The Morgan fingerprint density at radius 3 is 1.63 bits per heavy atom. The van der Waals surface area contributed by atoms with E-state index in [1.54, 1.807) is 0 Å². The van der Waals surface area contributed by atoms with Crippen molar-refractivity contribution in [1.82, 2.24) is 19.5 Å². The summed E-state index contributed by atoms with van der Waals surface area (Å²) in [5.41, 5.74) is 5.21. The second-order valence-corrected chi connectivity index (χ2v) is 12.5. The number of nitrogens with zero attached hydrogens (tertiary/aromatic N) is 4. The molecule has 4 heterocycles. The Morgan fingerprint density at radius 2 is 0.977 bits per heavy atom. The third-order valence-corrected chi connectivity index (χ3v) is 10.4. The molecule has 0 radical (unpaired) electrons. The van der Waals surface area contributed by atoms with E-state index in [-0.39, 0.29) is 0 Å². The van der Waals surface area contributed by atoms with E-state index in [2.05, 4.69) is 77.4 Å². The predicted molar refractivity (Wildman–Crippen MR) is 181 cm³/mol. The van der Waals surface area contributed by atoms with Crippen molar-refractivity contribution in [3.05, 3.63) is 133 Å². The normalized spacial score (nSPS) is 11.7. The number of hydrogen-bond acceptors (Lipinski definition) is 5. The summed E-state index contributed by atoms with van der Waals surface area (Å²) in [4.78, 5) is 15.9. The Bertz CT molecular complexity index is 2380. The second-order valence-electron chi connectivity index (χ2n) is 10.5. The zero-order valence-electron chi connectivity index (χ0n) is 22.8. The number of para-hydroxylation sites is 1. The van der Waals surface area contributed by atoms with Gasteiger partial charge in [0, 0.05) is 43.2 Å². The molecular formula is C37H22N4S2. The third-order valence-electron chi connectivity index (χ3n) is 7.89. The fourth-order valence-corrected chi connectivity index (χ4v) is 8.69. The second kappa shape index (κ2) is 9.70. The van der Waals surface area contributed by atoms with Crippen LogP contribution in [0.25, 0.3) is 80.5 Å². The van der Waals surface area contributed by atoms with Crippen LogP contribution in [0.4, 0.5) is 0 Å². The van der Waals surface area contributed by atoms with Crippen LogP contribution in [-0.2, 0) is 0 Å². The first-order valence-electron chi connectivity index (χ1n) is 14.1. The third kappa shape index (κ3) is 3.91. The summed E-state index contributed by atoms with van der Waals surface area (Å²) < 4.78 is 6.49. The molecule has 0 bridgehead atoms. The van der Waals surface area contributed by atoms with E-state index in [1.165, 1.54) is 40.6 Å². The van der Waals surface area contributed by atoms with Gasteiger partial charge in [-0.1, -0.05) is 97.1 Å². The molecule has 43 heavy (non-hydrogen) atoms. The van der Waals surface area contributed by atoms with Crippen molar-refractivity contribution in [3.63, 3.8) is 0 Å². The molecule has 4 aromatic heterocycles. The van der Waals surface area contributed by atoms with Gasteiger partial charge in [-0.15, -0.1) is 22.7 Å². The Morgan fingerprint density at radius 1 is 0.442 bits per heavy atom. The molecule has 0 spiro atoms. The summed E-state index contributed by atoms with van der Waals surface area (Å²) in [5, 5.41) is 3.98. The van der Waals surface area contributed by atoms with Crippen LogP contribution in [0.2, 0.25) is 0 Å². The van der Waals surface area contributed by atoms with Crippen LogP contribution in [0.1, 0.15) is 0 Å². The van der Waals surface area contributed by atoms with Gasteiger partial charge in [0.15, 0.2) is 17.5 Å². The van der Waals surface area contributed by atoms with Crippen LogP contribution in [-0.4, -0.2) is 19.5 Å². The standard InChI is InChI=1S/C37H22N4S2/c1-3-11-23(12-4-1)34-38-35(24-13-5-2-6-14-24)40-36(39-34)25-19-21-26(22-20-25)41-29-17-9-7-15-27(29)31-33-32(43-37(31)41)28-16-8-10-18-30(28)42-33/h1-22H. The highest BCUT2D eigenvalue weighted by atomic mass is 32.1. The minimum absolute atomic E-state index is 0.657. The fourth-order valence-electron chi connectivity index (χ4n) is 5.87. The molecule has 9 rings (SSSR count). The molecule has 0 aliphatic heterocycles. The molecule has 0 amide bonds. The summed E-state index contributed by atoms with van der Waals surface area (Å²) in [6.45, 7) is 0. The Kier molecular flexibility index (Phi) is 5.51. The number of rotatable bonds is 4. The summed E-state index contributed by atoms with van der Waals surface area (Å²) >= 11 is 3.78. The van der Waals surface area contributed by atoms with E-state index in [4.69, 9.17) is 15.0 Å². The van der Waals surface area contributed by atoms with E-state index < -0.39 is 0 Å². The summed E-state index contributed by atoms with van der Waals surface area (Å²) in [6, 6.07) is 46.3. The van der Waals surface area contributed by atoms with Crippen LogP contribution in [0.5, 0.6) is 0 Å². The molecule has 0 unspecified atom stereocenters. The van der Waals surface area contributed by atoms with Crippen molar-refractivity contribution >= 4 is 63.3 Å². The van der Waals surface area contributed by atoms with Crippen LogP contribution < -0.4 is 0 Å². The van der Waals surface area contributed by atoms with Gasteiger partial charge in [0.25, 0.3) is 0 Å². The lowest BCUT2D eigenvalue weighted by Crippen LogP contribution is -2.00. The minimum atomic E-state index is 0.657. The summed E-state index contributed by atoms with van der Waals surface area (Å²) in [6.07, 6.45) is 0. The average Bonchev–Trinajstić information content (AvgIpc) is 3.72. The van der Waals surface area contributed by atoms with Crippen molar-refractivity contribution in [1.29, 1.82) is 0 Å². The fraction of sp³-hybridized carbons (Fsp3) is 0. The molecule has 0 aliphatic carbocycles. The molecule has 6 heteroatoms. The smallest absolute Gasteiger partial charge is 0.164 e. The SMILES string of the molecule is c1ccc(-c2nc(-c3ccccc3)nc(-c3ccc(-n4c5ccccc5c5c6sc7ccccc7c6sc54)cc3)n2)cc1. The maximum atomic E-state index is 4.92. The lowest BCUT2D eigenvalue weighted by molar-refractivity contribution is 1.07. The molecule has 9 aromatic rings. The Hall–Kier alpha value is -5.17. The van der Waals surface area contributed by atoms with Crippen molar-refractivity contribution in [2.45, 2.75) is 0 Å². The molecule has 0 fully saturated rings. The van der Waals surface area contributed by atoms with Crippen molar-refractivity contribution < 1.29 is 0 Å². The van der Waals surface area contributed by atoms with E-state index >= 15 is 0 Å². The summed E-state index contributed by atoms with van der Waals surface area (Å²) in [7, 11) is 0. The minimum Gasteiger partial charge on any atom is -0.301 e. The largest absolute Gasteiger partial charge is 0.301 e.